The van der Waals surface area contributed by atoms with Crippen LogP contribution in [0.5, 0.6) is 0 Å². The molecule has 2 aromatic carbocycles. The Hall–Kier alpha value is -3.17. The maximum atomic E-state index is 12.6. The third-order valence-electron chi connectivity index (χ3n) is 4.33. The molecule has 0 aromatic heterocycles. The highest BCUT2D eigenvalue weighted by Gasteiger charge is 2.25. The molecular formula is C20H17ClN4O2. The van der Waals surface area contributed by atoms with Crippen LogP contribution < -0.4 is 4.90 Å². The van der Waals surface area contributed by atoms with Crippen LogP contribution >= 0.6 is 11.6 Å². The van der Waals surface area contributed by atoms with Crippen molar-refractivity contribution in [2.45, 2.75) is 12.8 Å². The number of carbonyl (C=O) groups is 2. The van der Waals surface area contributed by atoms with E-state index in [0.717, 1.165) is 11.3 Å². The van der Waals surface area contributed by atoms with Gasteiger partial charge in [-0.05, 0) is 42.0 Å². The van der Waals surface area contributed by atoms with Crippen LogP contribution in [-0.2, 0) is 9.59 Å². The topological polar surface area (TPSA) is 76.8 Å². The van der Waals surface area contributed by atoms with E-state index in [4.69, 9.17) is 16.9 Å². The number of amides is 2. The molecule has 2 amide bonds. The molecule has 0 unspecified atom stereocenters. The van der Waals surface area contributed by atoms with Gasteiger partial charge in [0.15, 0.2) is 0 Å². The van der Waals surface area contributed by atoms with E-state index in [1.54, 1.807) is 43.4 Å². The molecule has 0 spiro atoms. The summed E-state index contributed by atoms with van der Waals surface area (Å²) in [7, 11) is 1.63. The van der Waals surface area contributed by atoms with Crippen molar-refractivity contribution in [3.63, 3.8) is 0 Å². The molecule has 0 atom stereocenters. The van der Waals surface area contributed by atoms with Crippen LogP contribution in [0.1, 0.15) is 24.0 Å². The predicted octanol–water partition coefficient (Wildman–Crippen LogP) is 3.20. The van der Waals surface area contributed by atoms with E-state index in [-0.39, 0.29) is 18.4 Å². The average molecular weight is 381 g/mol. The van der Waals surface area contributed by atoms with Gasteiger partial charge in [0.05, 0.1) is 17.3 Å². The summed E-state index contributed by atoms with van der Waals surface area (Å²) in [6.07, 6.45) is 0.825. The van der Waals surface area contributed by atoms with E-state index in [9.17, 15) is 9.59 Å². The van der Waals surface area contributed by atoms with Crippen molar-refractivity contribution in [1.82, 2.24) is 5.01 Å². The molecule has 0 saturated carbocycles. The summed E-state index contributed by atoms with van der Waals surface area (Å²) in [6, 6.07) is 15.9. The Morgan fingerprint density at radius 1 is 1.19 bits per heavy atom. The molecule has 1 aliphatic rings. The molecule has 136 valence electrons. The molecule has 0 N–H and O–H groups in total. The number of nitrogens with zero attached hydrogens (tertiary/aromatic N) is 4. The van der Waals surface area contributed by atoms with Crippen molar-refractivity contribution in [3.05, 3.63) is 64.7 Å². The Labute approximate surface area is 162 Å². The Bertz CT molecular complexity index is 930. The van der Waals surface area contributed by atoms with Gasteiger partial charge in [0.1, 0.15) is 6.54 Å². The largest absolute Gasteiger partial charge is 0.314 e. The number of halogens is 1. The fourth-order valence-electron chi connectivity index (χ4n) is 2.71. The van der Waals surface area contributed by atoms with E-state index < -0.39 is 0 Å². The van der Waals surface area contributed by atoms with Crippen LogP contribution in [0.2, 0.25) is 5.02 Å². The number of likely N-dealkylation sites (N-methyl/N-ethyl adjacent to an activating group) is 1. The Morgan fingerprint density at radius 3 is 2.48 bits per heavy atom. The van der Waals surface area contributed by atoms with Crippen molar-refractivity contribution in [3.8, 4) is 6.07 Å². The number of nitriles is 1. The summed E-state index contributed by atoms with van der Waals surface area (Å²) in [4.78, 5) is 26.2. The van der Waals surface area contributed by atoms with E-state index in [0.29, 0.717) is 29.1 Å². The van der Waals surface area contributed by atoms with Gasteiger partial charge in [0, 0.05) is 30.6 Å². The lowest BCUT2D eigenvalue weighted by Crippen LogP contribution is -2.41. The minimum absolute atomic E-state index is 0.146. The fraction of sp³-hybridized carbons (Fsp3) is 0.200. The van der Waals surface area contributed by atoms with Gasteiger partial charge < -0.3 is 4.90 Å². The number of benzene rings is 2. The van der Waals surface area contributed by atoms with E-state index in [1.165, 1.54) is 9.91 Å². The smallest absolute Gasteiger partial charge is 0.248 e. The molecule has 0 radical (unpaired) electrons. The van der Waals surface area contributed by atoms with E-state index in [1.807, 2.05) is 18.2 Å². The quantitative estimate of drug-likeness (QED) is 0.817. The summed E-state index contributed by atoms with van der Waals surface area (Å²) in [6.45, 7) is -0.146. The summed E-state index contributed by atoms with van der Waals surface area (Å²) >= 11 is 5.91. The molecule has 0 fully saturated rings. The van der Waals surface area contributed by atoms with Crippen molar-refractivity contribution in [1.29, 1.82) is 5.26 Å². The lowest BCUT2D eigenvalue weighted by molar-refractivity contribution is -0.135. The van der Waals surface area contributed by atoms with E-state index in [2.05, 4.69) is 5.10 Å². The third-order valence-corrected chi connectivity index (χ3v) is 4.58. The molecular weight excluding hydrogens is 364 g/mol. The lowest BCUT2D eigenvalue weighted by atomic mass is 10.0. The first kappa shape index (κ1) is 18.6. The molecule has 0 saturated heterocycles. The number of carbonyl (C=O) groups excluding carboxylic acids is 2. The number of hydrogen-bond acceptors (Lipinski definition) is 4. The highest BCUT2D eigenvalue weighted by Crippen LogP contribution is 2.19. The number of rotatable bonds is 4. The minimum atomic E-state index is -0.269. The summed E-state index contributed by atoms with van der Waals surface area (Å²) < 4.78 is 0. The second kappa shape index (κ2) is 8.02. The van der Waals surface area contributed by atoms with Crippen molar-refractivity contribution in [2.75, 3.05) is 18.5 Å². The van der Waals surface area contributed by atoms with Gasteiger partial charge in [-0.1, -0.05) is 23.7 Å². The molecule has 27 heavy (non-hydrogen) atoms. The molecule has 1 aliphatic heterocycles. The second-order valence-electron chi connectivity index (χ2n) is 6.12. The lowest BCUT2D eigenvalue weighted by Gasteiger charge is -2.25. The van der Waals surface area contributed by atoms with Crippen LogP contribution in [-0.4, -0.2) is 36.1 Å². The van der Waals surface area contributed by atoms with Gasteiger partial charge in [0.2, 0.25) is 11.8 Å². The Balaban J connectivity index is 1.74. The molecule has 1 heterocycles. The number of hydrogen-bond donors (Lipinski definition) is 0. The van der Waals surface area contributed by atoms with Crippen molar-refractivity contribution < 1.29 is 9.59 Å². The monoisotopic (exact) mass is 380 g/mol. The van der Waals surface area contributed by atoms with Crippen LogP contribution in [0.25, 0.3) is 0 Å². The minimum Gasteiger partial charge on any atom is -0.314 e. The third kappa shape index (κ3) is 4.33. The first-order chi connectivity index (χ1) is 13.0. The number of anilines is 1. The summed E-state index contributed by atoms with van der Waals surface area (Å²) in [5.41, 5.74) is 2.79. The van der Waals surface area contributed by atoms with Crippen LogP contribution in [0.4, 0.5) is 5.69 Å². The van der Waals surface area contributed by atoms with Gasteiger partial charge >= 0.3 is 0 Å². The Morgan fingerprint density at radius 2 is 1.85 bits per heavy atom. The van der Waals surface area contributed by atoms with Crippen LogP contribution in [0.15, 0.2) is 53.6 Å². The zero-order valence-electron chi connectivity index (χ0n) is 14.7. The van der Waals surface area contributed by atoms with E-state index >= 15 is 0 Å². The van der Waals surface area contributed by atoms with Crippen molar-refractivity contribution in [2.24, 2.45) is 5.10 Å². The molecule has 6 nitrogen and oxygen atoms in total. The van der Waals surface area contributed by atoms with Crippen molar-refractivity contribution >= 4 is 34.8 Å². The van der Waals surface area contributed by atoms with Crippen LogP contribution in [0, 0.1) is 11.3 Å². The highest BCUT2D eigenvalue weighted by molar-refractivity contribution is 6.30. The number of hydrazone groups is 1. The summed E-state index contributed by atoms with van der Waals surface area (Å²) in [5, 5.41) is 15.1. The molecule has 3 rings (SSSR count). The zero-order valence-corrected chi connectivity index (χ0v) is 15.5. The van der Waals surface area contributed by atoms with Gasteiger partial charge in [-0.3, -0.25) is 9.59 Å². The molecule has 0 bridgehead atoms. The van der Waals surface area contributed by atoms with Gasteiger partial charge in [0.25, 0.3) is 0 Å². The van der Waals surface area contributed by atoms with Gasteiger partial charge in [-0.2, -0.15) is 10.4 Å². The predicted molar refractivity (Wildman–Crippen MR) is 104 cm³/mol. The maximum absolute atomic E-state index is 12.6. The normalized spacial score (nSPS) is 13.7. The summed E-state index contributed by atoms with van der Waals surface area (Å²) in [5.74, 6) is -0.455. The first-order valence-corrected chi connectivity index (χ1v) is 8.76. The van der Waals surface area contributed by atoms with Crippen LogP contribution in [0.3, 0.4) is 0 Å². The first-order valence-electron chi connectivity index (χ1n) is 8.38. The molecule has 2 aromatic rings. The SMILES string of the molecule is CN(C(=O)CN1N=C(c2ccc(Cl)cc2)CCC1=O)c1ccc(C#N)cc1. The standard InChI is InChI=1S/C20H17ClN4O2/c1-24(17-8-2-14(12-22)3-9-17)20(27)13-25-19(26)11-10-18(23-25)15-4-6-16(21)7-5-15/h2-9H,10-11,13H2,1H3. The average Bonchev–Trinajstić information content (AvgIpc) is 2.69. The zero-order chi connectivity index (χ0) is 19.4. The second-order valence-corrected chi connectivity index (χ2v) is 6.55. The Kier molecular flexibility index (Phi) is 5.53. The van der Waals surface area contributed by atoms with Gasteiger partial charge in [-0.25, -0.2) is 5.01 Å². The van der Waals surface area contributed by atoms with Gasteiger partial charge in [-0.15, -0.1) is 0 Å². The molecule has 0 aliphatic carbocycles. The fourth-order valence-corrected chi connectivity index (χ4v) is 2.84. The molecule has 7 heteroatoms. The maximum Gasteiger partial charge on any atom is 0.248 e. The highest BCUT2D eigenvalue weighted by atomic mass is 35.5.